The van der Waals surface area contributed by atoms with Crippen LogP contribution in [0.15, 0.2) is 48.5 Å². The molecule has 148 valence electrons. The first kappa shape index (κ1) is 19.7. The van der Waals surface area contributed by atoms with Crippen LogP contribution in [0, 0.1) is 5.92 Å². The van der Waals surface area contributed by atoms with E-state index in [9.17, 15) is 9.59 Å². The highest BCUT2D eigenvalue weighted by atomic mass is 16.5. The van der Waals surface area contributed by atoms with Gasteiger partial charge in [-0.1, -0.05) is 18.2 Å². The molecule has 6 heteroatoms. The molecule has 1 heterocycles. The Kier molecular flexibility index (Phi) is 6.53. The van der Waals surface area contributed by atoms with Crippen molar-refractivity contribution in [3.05, 3.63) is 59.7 Å². The molecule has 0 unspecified atom stereocenters. The maximum atomic E-state index is 12.7. The van der Waals surface area contributed by atoms with Crippen LogP contribution in [0.5, 0.6) is 11.5 Å². The summed E-state index contributed by atoms with van der Waals surface area (Å²) >= 11 is 0. The van der Waals surface area contributed by atoms with Crippen LogP contribution in [0.4, 0.5) is 0 Å². The fourth-order valence-corrected chi connectivity index (χ4v) is 3.36. The van der Waals surface area contributed by atoms with Crippen molar-refractivity contribution in [1.82, 2.24) is 10.2 Å². The molecular weight excluding hydrogens is 356 g/mol. The van der Waals surface area contributed by atoms with Crippen LogP contribution in [0.3, 0.4) is 0 Å². The Balaban J connectivity index is 1.48. The summed E-state index contributed by atoms with van der Waals surface area (Å²) in [6.07, 6.45) is 1.34. The first-order valence-electron chi connectivity index (χ1n) is 9.44. The summed E-state index contributed by atoms with van der Waals surface area (Å²) in [6, 6.07) is 14.8. The Hall–Kier alpha value is -3.02. The molecule has 6 nitrogen and oxygen atoms in total. The van der Waals surface area contributed by atoms with Crippen LogP contribution in [0.2, 0.25) is 0 Å². The molecule has 2 aromatic carbocycles. The maximum Gasteiger partial charge on any atom is 0.253 e. The molecule has 0 spiro atoms. The van der Waals surface area contributed by atoms with Crippen molar-refractivity contribution in [3.8, 4) is 11.5 Å². The predicted octanol–water partition coefficient (Wildman–Crippen LogP) is 2.87. The third-order valence-electron chi connectivity index (χ3n) is 5.10. The number of methoxy groups -OCH3 is 2. The molecule has 1 fully saturated rings. The number of rotatable bonds is 6. The fourth-order valence-electron chi connectivity index (χ4n) is 3.36. The van der Waals surface area contributed by atoms with Crippen molar-refractivity contribution < 1.29 is 19.1 Å². The van der Waals surface area contributed by atoms with Gasteiger partial charge in [0.2, 0.25) is 5.91 Å². The normalized spacial score (nSPS) is 14.4. The number of carbonyl (C=O) groups is 2. The summed E-state index contributed by atoms with van der Waals surface area (Å²) in [7, 11) is 3.21. The highest BCUT2D eigenvalue weighted by molar-refractivity contribution is 5.94. The summed E-state index contributed by atoms with van der Waals surface area (Å²) in [5.74, 6) is 1.43. The van der Waals surface area contributed by atoms with Gasteiger partial charge in [-0.2, -0.15) is 0 Å². The zero-order valence-electron chi connectivity index (χ0n) is 16.3. The second-order valence-electron chi connectivity index (χ2n) is 6.86. The second-order valence-corrected chi connectivity index (χ2v) is 6.86. The van der Waals surface area contributed by atoms with Crippen molar-refractivity contribution in [2.45, 2.75) is 19.4 Å². The number of nitrogens with one attached hydrogen (secondary N) is 1. The lowest BCUT2D eigenvalue weighted by atomic mass is 9.95. The van der Waals surface area contributed by atoms with Crippen LogP contribution < -0.4 is 14.8 Å². The number of amides is 2. The quantitative estimate of drug-likeness (QED) is 0.834. The molecule has 1 saturated heterocycles. The summed E-state index contributed by atoms with van der Waals surface area (Å²) in [6.45, 7) is 1.65. The van der Waals surface area contributed by atoms with Gasteiger partial charge in [0.25, 0.3) is 5.91 Å². The van der Waals surface area contributed by atoms with Gasteiger partial charge >= 0.3 is 0 Å². The maximum absolute atomic E-state index is 12.7. The molecule has 28 heavy (non-hydrogen) atoms. The van der Waals surface area contributed by atoms with Crippen LogP contribution in [-0.2, 0) is 11.3 Å². The summed E-state index contributed by atoms with van der Waals surface area (Å²) in [5.41, 5.74) is 1.64. The average Bonchev–Trinajstić information content (AvgIpc) is 2.77. The molecule has 0 bridgehead atoms. The zero-order valence-corrected chi connectivity index (χ0v) is 16.3. The van der Waals surface area contributed by atoms with Gasteiger partial charge in [0.05, 0.1) is 14.2 Å². The number of carbonyl (C=O) groups excluding carboxylic acids is 2. The Morgan fingerprint density at radius 1 is 1.00 bits per heavy atom. The highest BCUT2D eigenvalue weighted by Gasteiger charge is 2.27. The minimum absolute atomic E-state index is 0.0176. The molecule has 2 amide bonds. The Morgan fingerprint density at radius 3 is 2.32 bits per heavy atom. The Bertz CT molecular complexity index is 812. The number of hydrogen-bond acceptors (Lipinski definition) is 4. The number of ether oxygens (including phenoxy) is 2. The van der Waals surface area contributed by atoms with Crippen molar-refractivity contribution in [2.75, 3.05) is 27.3 Å². The first-order chi connectivity index (χ1) is 13.6. The molecule has 0 radical (unpaired) electrons. The lowest BCUT2D eigenvalue weighted by Gasteiger charge is -2.31. The van der Waals surface area contributed by atoms with Crippen LogP contribution in [-0.4, -0.2) is 44.0 Å². The van der Waals surface area contributed by atoms with E-state index < -0.39 is 0 Å². The highest BCUT2D eigenvalue weighted by Crippen LogP contribution is 2.21. The fraction of sp³-hybridized carbons (Fsp3) is 0.364. The summed E-state index contributed by atoms with van der Waals surface area (Å²) in [4.78, 5) is 26.9. The number of piperidine rings is 1. The van der Waals surface area contributed by atoms with Gasteiger partial charge in [0.1, 0.15) is 11.5 Å². The van der Waals surface area contributed by atoms with E-state index in [0.717, 1.165) is 11.3 Å². The van der Waals surface area contributed by atoms with Gasteiger partial charge in [-0.15, -0.1) is 0 Å². The smallest absolute Gasteiger partial charge is 0.253 e. The van der Waals surface area contributed by atoms with Crippen molar-refractivity contribution in [2.24, 2.45) is 5.92 Å². The largest absolute Gasteiger partial charge is 0.497 e. The van der Waals surface area contributed by atoms with Crippen LogP contribution in [0.25, 0.3) is 0 Å². The molecule has 1 N–H and O–H groups in total. The lowest BCUT2D eigenvalue weighted by molar-refractivity contribution is -0.126. The van der Waals surface area contributed by atoms with Gasteiger partial charge in [0.15, 0.2) is 0 Å². The van der Waals surface area contributed by atoms with Gasteiger partial charge in [-0.3, -0.25) is 9.59 Å². The van der Waals surface area contributed by atoms with Crippen molar-refractivity contribution in [3.63, 3.8) is 0 Å². The SMILES string of the molecule is COc1ccc(CNC(=O)C2CCN(C(=O)c3cccc(OC)c3)CC2)cc1. The van der Waals surface area contributed by atoms with Crippen molar-refractivity contribution in [1.29, 1.82) is 0 Å². The van der Waals surface area contributed by atoms with Crippen molar-refractivity contribution >= 4 is 11.8 Å². The monoisotopic (exact) mass is 382 g/mol. The Labute approximate surface area is 165 Å². The van der Waals surface area contributed by atoms with Gasteiger partial charge in [-0.25, -0.2) is 0 Å². The van der Waals surface area contributed by atoms with E-state index in [-0.39, 0.29) is 17.7 Å². The molecule has 3 rings (SSSR count). The van der Waals surface area contributed by atoms with E-state index in [1.807, 2.05) is 41.3 Å². The molecule has 1 aliphatic rings. The minimum Gasteiger partial charge on any atom is -0.497 e. The zero-order chi connectivity index (χ0) is 19.9. The van der Waals surface area contributed by atoms with Crippen LogP contribution in [0.1, 0.15) is 28.8 Å². The summed E-state index contributed by atoms with van der Waals surface area (Å²) < 4.78 is 10.3. The molecule has 1 aliphatic heterocycles. The molecule has 0 aliphatic carbocycles. The molecule has 2 aromatic rings. The molecule has 0 atom stereocenters. The molecule has 0 saturated carbocycles. The van der Waals surface area contributed by atoms with E-state index in [1.54, 1.807) is 26.4 Å². The Morgan fingerprint density at radius 2 is 1.68 bits per heavy atom. The lowest BCUT2D eigenvalue weighted by Crippen LogP contribution is -2.42. The van der Waals surface area contributed by atoms with E-state index in [2.05, 4.69) is 5.32 Å². The van der Waals surface area contributed by atoms with Gasteiger partial charge < -0.3 is 19.7 Å². The second kappa shape index (κ2) is 9.26. The van der Waals surface area contributed by atoms with E-state index >= 15 is 0 Å². The topological polar surface area (TPSA) is 67.9 Å². The minimum atomic E-state index is -0.0624. The first-order valence-corrected chi connectivity index (χ1v) is 9.44. The number of likely N-dealkylation sites (tertiary alicyclic amines) is 1. The van der Waals surface area contributed by atoms with Gasteiger partial charge in [-0.05, 0) is 48.7 Å². The third-order valence-corrected chi connectivity index (χ3v) is 5.10. The van der Waals surface area contributed by atoms with Crippen LogP contribution >= 0.6 is 0 Å². The standard InChI is InChI=1S/C22H26N2O4/c1-27-19-8-6-16(7-9-19)15-23-21(25)17-10-12-24(13-11-17)22(26)18-4-3-5-20(14-18)28-2/h3-9,14,17H,10-13,15H2,1-2H3,(H,23,25). The summed E-state index contributed by atoms with van der Waals surface area (Å²) in [5, 5.41) is 3.00. The number of nitrogens with zero attached hydrogens (tertiary/aromatic N) is 1. The third kappa shape index (κ3) is 4.82. The van der Waals surface area contributed by atoms with Gasteiger partial charge in [0, 0.05) is 31.1 Å². The number of hydrogen-bond donors (Lipinski definition) is 1. The number of benzene rings is 2. The average molecular weight is 382 g/mol. The molecular formula is C22H26N2O4. The van der Waals surface area contributed by atoms with E-state index in [1.165, 1.54) is 0 Å². The van der Waals surface area contributed by atoms with E-state index in [4.69, 9.17) is 9.47 Å². The molecule has 0 aromatic heterocycles. The van der Waals surface area contributed by atoms with E-state index in [0.29, 0.717) is 43.8 Å². The predicted molar refractivity (Wildman–Crippen MR) is 106 cm³/mol.